The predicted octanol–water partition coefficient (Wildman–Crippen LogP) is 1.71. The van der Waals surface area contributed by atoms with E-state index in [0.717, 1.165) is 6.42 Å². The van der Waals surface area contributed by atoms with E-state index in [1.54, 1.807) is 12.1 Å². The number of amides is 2. The minimum absolute atomic E-state index is 0.00553. The number of rotatable bonds is 11. The molecule has 0 fully saturated rings. The molecule has 0 aliphatic carbocycles. The van der Waals surface area contributed by atoms with Crippen molar-refractivity contribution in [1.29, 1.82) is 0 Å². The van der Waals surface area contributed by atoms with E-state index < -0.39 is 11.2 Å². The Hall–Kier alpha value is -3.30. The van der Waals surface area contributed by atoms with Gasteiger partial charge in [-0.3, -0.25) is 23.9 Å². The van der Waals surface area contributed by atoms with E-state index in [2.05, 4.69) is 10.3 Å². The fraction of sp³-hybridized carbons (Fsp3) is 0.524. The van der Waals surface area contributed by atoms with Gasteiger partial charge in [-0.1, -0.05) is 27.2 Å². The van der Waals surface area contributed by atoms with Gasteiger partial charge in [0.15, 0.2) is 11.4 Å². The first-order chi connectivity index (χ1) is 14.8. The number of carbonyl (C=O) groups is 2. The molecule has 0 saturated carbocycles. The fourth-order valence-electron chi connectivity index (χ4n) is 3.13. The number of furan rings is 1. The van der Waals surface area contributed by atoms with Crippen LogP contribution in [-0.2, 0) is 11.3 Å². The molecule has 0 radical (unpaired) electrons. The van der Waals surface area contributed by atoms with Crippen LogP contribution >= 0.6 is 0 Å². The third-order valence-corrected chi connectivity index (χ3v) is 4.67. The molecule has 0 unspecified atom stereocenters. The molecule has 0 aromatic carbocycles. The van der Waals surface area contributed by atoms with Crippen LogP contribution < -0.4 is 27.2 Å². The Bertz CT molecular complexity index is 991. The first-order valence-corrected chi connectivity index (χ1v) is 10.5. The molecule has 4 N–H and O–H groups in total. The van der Waals surface area contributed by atoms with Gasteiger partial charge in [0, 0.05) is 26.1 Å². The summed E-state index contributed by atoms with van der Waals surface area (Å²) in [5.41, 5.74) is 4.89. The normalized spacial score (nSPS) is 11.0. The largest absolute Gasteiger partial charge is 0.459 e. The number of nitrogen functional groups attached to an aromatic ring is 1. The lowest BCUT2D eigenvalue weighted by Gasteiger charge is -2.26. The van der Waals surface area contributed by atoms with Crippen molar-refractivity contribution >= 4 is 23.3 Å². The van der Waals surface area contributed by atoms with Crippen LogP contribution in [0.2, 0.25) is 0 Å². The number of nitrogens with zero attached hydrogens (tertiary/aromatic N) is 2. The first-order valence-electron chi connectivity index (χ1n) is 10.5. The van der Waals surface area contributed by atoms with Gasteiger partial charge < -0.3 is 20.4 Å². The molecule has 2 heterocycles. The number of carbonyl (C=O) groups excluding carboxylic acids is 2. The van der Waals surface area contributed by atoms with Crippen LogP contribution in [0.25, 0.3) is 0 Å². The monoisotopic (exact) mass is 433 g/mol. The number of aromatic amines is 1. The molecule has 10 heteroatoms. The highest BCUT2D eigenvalue weighted by Crippen LogP contribution is 2.20. The highest BCUT2D eigenvalue weighted by atomic mass is 16.3. The Morgan fingerprint density at radius 3 is 2.65 bits per heavy atom. The predicted molar refractivity (Wildman–Crippen MR) is 118 cm³/mol. The molecular weight excluding hydrogens is 402 g/mol. The molecule has 2 aromatic rings. The Balaban J connectivity index is 2.15. The maximum Gasteiger partial charge on any atom is 0.330 e. The van der Waals surface area contributed by atoms with Crippen molar-refractivity contribution in [2.45, 2.75) is 53.0 Å². The number of hydrogen-bond acceptors (Lipinski definition) is 6. The Kier molecular flexibility index (Phi) is 8.65. The fourth-order valence-corrected chi connectivity index (χ4v) is 3.13. The minimum atomic E-state index is -0.685. The molecule has 0 saturated heterocycles. The summed E-state index contributed by atoms with van der Waals surface area (Å²) in [5.74, 6) is -0.417. The number of nitrogens with two attached hydrogens (primary N) is 1. The van der Waals surface area contributed by atoms with Crippen LogP contribution in [0.5, 0.6) is 0 Å². The van der Waals surface area contributed by atoms with Crippen molar-refractivity contribution in [2.24, 2.45) is 5.92 Å². The highest BCUT2D eigenvalue weighted by Gasteiger charge is 2.24. The molecule has 170 valence electrons. The molecule has 2 aromatic heterocycles. The Morgan fingerprint density at radius 2 is 2.03 bits per heavy atom. The molecule has 2 amide bonds. The van der Waals surface area contributed by atoms with Crippen LogP contribution in [0.1, 0.15) is 57.0 Å². The summed E-state index contributed by atoms with van der Waals surface area (Å²) in [6, 6.07) is 3.16. The lowest BCUT2D eigenvalue weighted by atomic mass is 10.1. The number of hydrogen-bond donors (Lipinski definition) is 3. The summed E-state index contributed by atoms with van der Waals surface area (Å²) in [6.45, 7) is 6.71. The van der Waals surface area contributed by atoms with Gasteiger partial charge in [-0.05, 0) is 30.9 Å². The molecule has 0 atom stereocenters. The summed E-state index contributed by atoms with van der Waals surface area (Å²) in [4.78, 5) is 53.2. The van der Waals surface area contributed by atoms with Crippen molar-refractivity contribution in [3.63, 3.8) is 0 Å². The summed E-state index contributed by atoms with van der Waals surface area (Å²) in [6.07, 6.45) is 3.43. The van der Waals surface area contributed by atoms with E-state index in [1.807, 2.05) is 20.8 Å². The summed E-state index contributed by atoms with van der Waals surface area (Å²) >= 11 is 0. The zero-order valence-electron chi connectivity index (χ0n) is 18.3. The number of aromatic nitrogens is 2. The van der Waals surface area contributed by atoms with E-state index in [-0.39, 0.29) is 54.5 Å². The van der Waals surface area contributed by atoms with E-state index >= 15 is 0 Å². The SMILES string of the molecule is CCCCn1c(N)c(N(CC(C)C)C(=O)CCCNC(=O)c2ccco2)c(=O)[nH]c1=O. The molecule has 0 bridgehead atoms. The molecule has 2 rings (SSSR count). The van der Waals surface area contributed by atoms with Gasteiger partial charge in [0.05, 0.1) is 6.26 Å². The van der Waals surface area contributed by atoms with Gasteiger partial charge in [0.2, 0.25) is 5.91 Å². The molecular formula is C21H31N5O5. The molecule has 10 nitrogen and oxygen atoms in total. The van der Waals surface area contributed by atoms with E-state index in [0.29, 0.717) is 19.4 Å². The minimum Gasteiger partial charge on any atom is -0.459 e. The zero-order valence-corrected chi connectivity index (χ0v) is 18.3. The number of unbranched alkanes of at least 4 members (excludes halogenated alkanes) is 1. The second-order valence-electron chi connectivity index (χ2n) is 7.73. The van der Waals surface area contributed by atoms with Crippen molar-refractivity contribution < 1.29 is 14.0 Å². The van der Waals surface area contributed by atoms with E-state index in [4.69, 9.17) is 10.2 Å². The lowest BCUT2D eigenvalue weighted by molar-refractivity contribution is -0.118. The third kappa shape index (κ3) is 6.34. The average Bonchev–Trinajstić information content (AvgIpc) is 3.24. The van der Waals surface area contributed by atoms with Crippen LogP contribution in [0.15, 0.2) is 32.4 Å². The maximum absolute atomic E-state index is 13.0. The number of H-pyrrole nitrogens is 1. The van der Waals surface area contributed by atoms with Gasteiger partial charge in [-0.25, -0.2) is 4.79 Å². The number of nitrogens with one attached hydrogen (secondary N) is 2. The van der Waals surface area contributed by atoms with Crippen LogP contribution in [0.3, 0.4) is 0 Å². The highest BCUT2D eigenvalue weighted by molar-refractivity contribution is 5.95. The van der Waals surface area contributed by atoms with Crippen molar-refractivity contribution in [3.8, 4) is 0 Å². The van der Waals surface area contributed by atoms with Gasteiger partial charge in [0.1, 0.15) is 5.82 Å². The van der Waals surface area contributed by atoms with Gasteiger partial charge >= 0.3 is 5.69 Å². The maximum atomic E-state index is 13.0. The van der Waals surface area contributed by atoms with E-state index in [9.17, 15) is 19.2 Å². The van der Waals surface area contributed by atoms with Crippen LogP contribution in [0, 0.1) is 5.92 Å². The molecule has 31 heavy (non-hydrogen) atoms. The second-order valence-corrected chi connectivity index (χ2v) is 7.73. The molecule has 0 spiro atoms. The molecule has 0 aliphatic rings. The smallest absolute Gasteiger partial charge is 0.330 e. The van der Waals surface area contributed by atoms with Crippen molar-refractivity contribution in [1.82, 2.24) is 14.9 Å². The van der Waals surface area contributed by atoms with Crippen molar-refractivity contribution in [2.75, 3.05) is 23.7 Å². The standard InChI is InChI=1S/C21H31N5O5/c1-4-5-11-25-18(22)17(20(29)24-21(25)30)26(13-14(2)3)16(27)9-6-10-23-19(28)15-8-7-12-31-15/h7-8,12,14H,4-6,9-11,13,22H2,1-3H3,(H,23,28)(H,24,29,30). The summed E-state index contributed by atoms with van der Waals surface area (Å²) < 4.78 is 6.32. The van der Waals surface area contributed by atoms with Crippen LogP contribution in [-0.4, -0.2) is 34.5 Å². The zero-order chi connectivity index (χ0) is 23.0. The second kappa shape index (κ2) is 11.2. The summed E-state index contributed by atoms with van der Waals surface area (Å²) in [5, 5.41) is 2.68. The average molecular weight is 434 g/mol. The quantitative estimate of drug-likeness (QED) is 0.460. The third-order valence-electron chi connectivity index (χ3n) is 4.67. The van der Waals surface area contributed by atoms with Crippen molar-refractivity contribution in [3.05, 3.63) is 45.0 Å². The van der Waals surface area contributed by atoms with Gasteiger partial charge in [-0.2, -0.15) is 0 Å². The summed E-state index contributed by atoms with van der Waals surface area (Å²) in [7, 11) is 0. The van der Waals surface area contributed by atoms with Gasteiger partial charge in [0.25, 0.3) is 11.5 Å². The number of anilines is 2. The molecule has 0 aliphatic heterocycles. The topological polar surface area (TPSA) is 143 Å². The Morgan fingerprint density at radius 1 is 1.29 bits per heavy atom. The Labute approximate surface area is 180 Å². The van der Waals surface area contributed by atoms with Crippen LogP contribution in [0.4, 0.5) is 11.5 Å². The lowest BCUT2D eigenvalue weighted by Crippen LogP contribution is -2.42. The first kappa shape index (κ1) is 24.0. The van der Waals surface area contributed by atoms with Gasteiger partial charge in [-0.15, -0.1) is 0 Å². The van der Waals surface area contributed by atoms with E-state index in [1.165, 1.54) is 15.7 Å².